The number of carbonyl (C=O) groups excluding carboxylic acids is 1. The fourth-order valence-electron chi connectivity index (χ4n) is 1.13. The van der Waals surface area contributed by atoms with Gasteiger partial charge in [-0.25, -0.2) is 0 Å². The van der Waals surface area contributed by atoms with E-state index in [2.05, 4.69) is 12.2 Å². The van der Waals surface area contributed by atoms with Crippen molar-refractivity contribution in [3.63, 3.8) is 0 Å². The van der Waals surface area contributed by atoms with Crippen LogP contribution in [0.1, 0.15) is 20.3 Å². The molecule has 1 amide bonds. The van der Waals surface area contributed by atoms with Crippen LogP contribution >= 0.6 is 0 Å². The lowest BCUT2D eigenvalue weighted by Crippen LogP contribution is -2.30. The molecule has 66 valence electrons. The van der Waals surface area contributed by atoms with Crippen LogP contribution in [-0.2, 0) is 4.79 Å². The Hall–Kier alpha value is -1.04. The van der Waals surface area contributed by atoms with Gasteiger partial charge in [0, 0.05) is 6.54 Å². The largest absolute Gasteiger partial charge is 0.355 e. The zero-order valence-corrected chi connectivity index (χ0v) is 7.50. The Labute approximate surface area is 72.8 Å². The summed E-state index contributed by atoms with van der Waals surface area (Å²) in [6.45, 7) is 4.53. The summed E-state index contributed by atoms with van der Waals surface area (Å²) in [5.74, 6) is 0.748. The van der Waals surface area contributed by atoms with E-state index in [1.54, 1.807) is 6.92 Å². The summed E-state index contributed by atoms with van der Waals surface area (Å²) < 4.78 is 0. The van der Waals surface area contributed by atoms with Gasteiger partial charge in [-0.1, -0.05) is 6.92 Å². The van der Waals surface area contributed by atoms with Crippen LogP contribution in [0.15, 0.2) is 0 Å². The predicted molar refractivity (Wildman–Crippen MR) is 45.1 cm³/mol. The highest BCUT2D eigenvalue weighted by Gasteiger charge is 2.32. The van der Waals surface area contributed by atoms with E-state index in [-0.39, 0.29) is 5.91 Å². The molecule has 3 nitrogen and oxygen atoms in total. The van der Waals surface area contributed by atoms with Crippen LogP contribution in [0.5, 0.6) is 0 Å². The Morgan fingerprint density at radius 3 is 2.83 bits per heavy atom. The van der Waals surface area contributed by atoms with E-state index >= 15 is 0 Å². The standard InChI is InChI=1S/C9H14N2O/c1-6-3-8(6)5-11-9(12)7(2)4-10/h6-8H,3,5H2,1-2H3,(H,11,12). The molecule has 1 N–H and O–H groups in total. The van der Waals surface area contributed by atoms with Gasteiger partial charge in [-0.2, -0.15) is 5.26 Å². The first kappa shape index (κ1) is 9.05. The molecule has 1 aliphatic carbocycles. The summed E-state index contributed by atoms with van der Waals surface area (Å²) >= 11 is 0. The Bertz CT molecular complexity index is 219. The minimum atomic E-state index is -0.515. The lowest BCUT2D eigenvalue weighted by atomic mass is 10.2. The molecule has 0 saturated heterocycles. The second kappa shape index (κ2) is 3.57. The van der Waals surface area contributed by atoms with Gasteiger partial charge in [-0.15, -0.1) is 0 Å². The molecule has 3 atom stereocenters. The van der Waals surface area contributed by atoms with Gasteiger partial charge in [0.25, 0.3) is 0 Å². The SMILES string of the molecule is CC(C#N)C(=O)NCC1CC1C. The van der Waals surface area contributed by atoms with E-state index in [9.17, 15) is 4.79 Å². The molecule has 1 fully saturated rings. The molecule has 0 heterocycles. The van der Waals surface area contributed by atoms with Crippen LogP contribution in [0.2, 0.25) is 0 Å². The summed E-state index contributed by atoms with van der Waals surface area (Å²) in [6, 6.07) is 1.91. The number of carbonyl (C=O) groups is 1. The highest BCUT2D eigenvalue weighted by Crippen LogP contribution is 2.36. The minimum absolute atomic E-state index is 0.142. The predicted octanol–water partition coefficient (Wildman–Crippen LogP) is 0.918. The number of hydrogen-bond acceptors (Lipinski definition) is 2. The van der Waals surface area contributed by atoms with Crippen molar-refractivity contribution in [3.05, 3.63) is 0 Å². The van der Waals surface area contributed by atoms with E-state index in [0.29, 0.717) is 5.92 Å². The first-order chi connectivity index (χ1) is 5.65. The molecule has 0 radical (unpaired) electrons. The fourth-order valence-corrected chi connectivity index (χ4v) is 1.13. The van der Waals surface area contributed by atoms with Crippen molar-refractivity contribution in [1.82, 2.24) is 5.32 Å². The lowest BCUT2D eigenvalue weighted by molar-refractivity contribution is -0.123. The van der Waals surface area contributed by atoms with Crippen LogP contribution in [0.3, 0.4) is 0 Å². The third-order valence-corrected chi connectivity index (χ3v) is 2.40. The smallest absolute Gasteiger partial charge is 0.237 e. The zero-order chi connectivity index (χ0) is 9.14. The summed E-state index contributed by atoms with van der Waals surface area (Å²) in [5, 5.41) is 11.2. The highest BCUT2D eigenvalue weighted by molar-refractivity contribution is 5.80. The van der Waals surface area contributed by atoms with Crippen LogP contribution in [0.4, 0.5) is 0 Å². The van der Waals surface area contributed by atoms with Gasteiger partial charge in [-0.3, -0.25) is 4.79 Å². The average Bonchev–Trinajstić information content (AvgIpc) is 2.76. The van der Waals surface area contributed by atoms with Gasteiger partial charge in [-0.05, 0) is 25.2 Å². The number of nitrogens with zero attached hydrogens (tertiary/aromatic N) is 1. The number of amides is 1. The molecule has 3 unspecified atom stereocenters. The molecule has 3 heteroatoms. The molecule has 1 aliphatic rings. The minimum Gasteiger partial charge on any atom is -0.355 e. The quantitative estimate of drug-likeness (QED) is 0.677. The van der Waals surface area contributed by atoms with Crippen LogP contribution in [0.25, 0.3) is 0 Å². The van der Waals surface area contributed by atoms with Gasteiger partial charge in [0.05, 0.1) is 6.07 Å². The van der Waals surface area contributed by atoms with E-state index in [1.807, 2.05) is 6.07 Å². The molecule has 0 bridgehead atoms. The number of hydrogen-bond donors (Lipinski definition) is 1. The van der Waals surface area contributed by atoms with Gasteiger partial charge < -0.3 is 5.32 Å². The van der Waals surface area contributed by atoms with Gasteiger partial charge in [0.15, 0.2) is 0 Å². The van der Waals surface area contributed by atoms with Gasteiger partial charge >= 0.3 is 0 Å². The molecule has 0 spiro atoms. The molecule has 0 aromatic rings. The Morgan fingerprint density at radius 2 is 2.42 bits per heavy atom. The Balaban J connectivity index is 2.15. The van der Waals surface area contributed by atoms with Crippen LogP contribution < -0.4 is 5.32 Å². The third-order valence-electron chi connectivity index (χ3n) is 2.40. The van der Waals surface area contributed by atoms with Crippen molar-refractivity contribution < 1.29 is 4.79 Å². The first-order valence-corrected chi connectivity index (χ1v) is 4.32. The Kier molecular flexibility index (Phi) is 2.69. The maximum absolute atomic E-state index is 11.1. The van der Waals surface area contributed by atoms with Crippen molar-refractivity contribution >= 4 is 5.91 Å². The van der Waals surface area contributed by atoms with Gasteiger partial charge in [0.2, 0.25) is 5.91 Å². The molecule has 0 aliphatic heterocycles. The molecule has 12 heavy (non-hydrogen) atoms. The van der Waals surface area contributed by atoms with E-state index < -0.39 is 5.92 Å². The van der Waals surface area contributed by atoms with Crippen molar-refractivity contribution in [1.29, 1.82) is 5.26 Å². The summed E-state index contributed by atoms with van der Waals surface area (Å²) in [7, 11) is 0. The number of nitrogens with one attached hydrogen (secondary N) is 1. The average molecular weight is 166 g/mol. The fraction of sp³-hybridized carbons (Fsp3) is 0.778. The van der Waals surface area contributed by atoms with Crippen molar-refractivity contribution in [2.24, 2.45) is 17.8 Å². The zero-order valence-electron chi connectivity index (χ0n) is 7.50. The normalized spacial score (nSPS) is 28.8. The van der Waals surface area contributed by atoms with Crippen LogP contribution in [-0.4, -0.2) is 12.5 Å². The topological polar surface area (TPSA) is 52.9 Å². The first-order valence-electron chi connectivity index (χ1n) is 4.32. The molecule has 1 rings (SSSR count). The van der Waals surface area contributed by atoms with E-state index in [4.69, 9.17) is 5.26 Å². The molecule has 1 saturated carbocycles. The van der Waals surface area contributed by atoms with Crippen molar-refractivity contribution in [2.75, 3.05) is 6.54 Å². The maximum atomic E-state index is 11.1. The van der Waals surface area contributed by atoms with E-state index in [1.165, 1.54) is 6.42 Å². The molecular weight excluding hydrogens is 152 g/mol. The van der Waals surface area contributed by atoms with E-state index in [0.717, 1.165) is 12.5 Å². The maximum Gasteiger partial charge on any atom is 0.237 e. The second-order valence-electron chi connectivity index (χ2n) is 3.57. The molecule has 0 aromatic heterocycles. The second-order valence-corrected chi connectivity index (χ2v) is 3.57. The summed E-state index contributed by atoms with van der Waals surface area (Å²) in [4.78, 5) is 11.1. The third kappa shape index (κ3) is 2.23. The summed E-state index contributed by atoms with van der Waals surface area (Å²) in [6.07, 6.45) is 1.21. The Morgan fingerprint density at radius 1 is 1.83 bits per heavy atom. The van der Waals surface area contributed by atoms with Crippen molar-refractivity contribution in [3.8, 4) is 6.07 Å². The van der Waals surface area contributed by atoms with Crippen LogP contribution in [0, 0.1) is 29.1 Å². The monoisotopic (exact) mass is 166 g/mol. The molecular formula is C9H14N2O. The number of rotatable bonds is 3. The van der Waals surface area contributed by atoms with Gasteiger partial charge in [0.1, 0.15) is 5.92 Å². The lowest BCUT2D eigenvalue weighted by Gasteiger charge is -2.04. The summed E-state index contributed by atoms with van der Waals surface area (Å²) in [5.41, 5.74) is 0. The molecule has 0 aromatic carbocycles. The highest BCUT2D eigenvalue weighted by atomic mass is 16.1. The van der Waals surface area contributed by atoms with Crippen molar-refractivity contribution in [2.45, 2.75) is 20.3 Å². The number of nitriles is 1.